The van der Waals surface area contributed by atoms with E-state index < -0.39 is 0 Å². The van der Waals surface area contributed by atoms with E-state index in [4.69, 9.17) is 0 Å². The lowest BCUT2D eigenvalue weighted by Crippen LogP contribution is -2.11. The van der Waals surface area contributed by atoms with E-state index in [0.717, 1.165) is 33.4 Å². The number of aromatic nitrogens is 3. The minimum absolute atomic E-state index is 0.135. The fraction of sp³-hybridized carbons (Fsp3) is 0.0588. The van der Waals surface area contributed by atoms with Crippen LogP contribution in [0.5, 0.6) is 0 Å². The lowest BCUT2D eigenvalue weighted by Gasteiger charge is -2.05. The van der Waals surface area contributed by atoms with Crippen LogP contribution in [0.1, 0.15) is 16.2 Å². The number of nitrogens with one attached hydrogen (secondary N) is 3. The second kappa shape index (κ2) is 4.73. The summed E-state index contributed by atoms with van der Waals surface area (Å²) in [5, 5.41) is 3.99. The number of carbonyl (C=O) groups is 1. The number of amides is 1. The number of H-pyrrole nitrogens is 2. The van der Waals surface area contributed by atoms with E-state index in [1.165, 1.54) is 0 Å². The van der Waals surface area contributed by atoms with Crippen molar-refractivity contribution in [2.45, 2.75) is 6.92 Å². The van der Waals surface area contributed by atoms with Crippen molar-refractivity contribution >= 4 is 33.5 Å². The van der Waals surface area contributed by atoms with Gasteiger partial charge in [0.25, 0.3) is 5.91 Å². The van der Waals surface area contributed by atoms with Gasteiger partial charge in [-0.15, -0.1) is 0 Å². The molecule has 0 spiro atoms. The van der Waals surface area contributed by atoms with Gasteiger partial charge in [-0.25, -0.2) is 4.98 Å². The van der Waals surface area contributed by atoms with Crippen LogP contribution in [-0.2, 0) is 0 Å². The van der Waals surface area contributed by atoms with Crippen molar-refractivity contribution in [3.63, 3.8) is 0 Å². The fourth-order valence-electron chi connectivity index (χ4n) is 2.61. The van der Waals surface area contributed by atoms with Gasteiger partial charge in [0.15, 0.2) is 0 Å². The van der Waals surface area contributed by atoms with Gasteiger partial charge >= 0.3 is 0 Å². The van der Waals surface area contributed by atoms with E-state index in [0.29, 0.717) is 5.56 Å². The van der Waals surface area contributed by atoms with Gasteiger partial charge in [0.2, 0.25) is 0 Å². The predicted octanol–water partition coefficient (Wildman–Crippen LogP) is 3.60. The van der Waals surface area contributed by atoms with Crippen LogP contribution in [0.15, 0.2) is 48.7 Å². The minimum Gasteiger partial charge on any atom is -0.361 e. The van der Waals surface area contributed by atoms with Crippen LogP contribution in [0.3, 0.4) is 0 Å². The summed E-state index contributed by atoms with van der Waals surface area (Å²) in [6.45, 7) is 1.89. The minimum atomic E-state index is -0.135. The fourth-order valence-corrected chi connectivity index (χ4v) is 2.61. The number of rotatable bonds is 2. The van der Waals surface area contributed by atoms with Gasteiger partial charge in [-0.2, -0.15) is 0 Å². The molecule has 0 bridgehead atoms. The highest BCUT2D eigenvalue weighted by molar-refractivity contribution is 6.06. The predicted molar refractivity (Wildman–Crippen MR) is 87.1 cm³/mol. The number of carbonyl (C=O) groups excluding carboxylic acids is 1. The quantitative estimate of drug-likeness (QED) is 0.527. The van der Waals surface area contributed by atoms with Gasteiger partial charge in [0.1, 0.15) is 5.82 Å². The molecule has 0 fully saturated rings. The number of hydrogen-bond acceptors (Lipinski definition) is 2. The summed E-state index contributed by atoms with van der Waals surface area (Å²) >= 11 is 0. The molecule has 1 amide bonds. The van der Waals surface area contributed by atoms with E-state index >= 15 is 0 Å². The second-order valence-electron chi connectivity index (χ2n) is 5.29. The first-order valence-corrected chi connectivity index (χ1v) is 7.04. The second-order valence-corrected chi connectivity index (χ2v) is 5.29. The first-order chi connectivity index (χ1) is 10.7. The van der Waals surface area contributed by atoms with Crippen LogP contribution in [0, 0.1) is 6.92 Å². The molecule has 22 heavy (non-hydrogen) atoms. The molecule has 5 heteroatoms. The lowest BCUT2D eigenvalue weighted by atomic mass is 10.1. The summed E-state index contributed by atoms with van der Waals surface area (Å²) in [6.07, 6.45) is 1.88. The molecule has 5 nitrogen and oxygen atoms in total. The Kier molecular flexibility index (Phi) is 2.72. The third-order valence-corrected chi connectivity index (χ3v) is 3.67. The van der Waals surface area contributed by atoms with E-state index in [1.54, 1.807) is 6.07 Å². The summed E-state index contributed by atoms with van der Waals surface area (Å²) in [5.41, 5.74) is 4.16. The number of aromatic amines is 2. The molecule has 0 unspecified atom stereocenters. The molecule has 0 aliphatic rings. The maximum atomic E-state index is 12.4. The maximum Gasteiger partial charge on any atom is 0.255 e. The molecule has 0 aliphatic heterocycles. The molecule has 0 saturated heterocycles. The number of hydrogen-bond donors (Lipinski definition) is 3. The molecule has 4 aromatic rings. The number of imidazole rings is 1. The Balaban J connectivity index is 1.64. The zero-order valence-electron chi connectivity index (χ0n) is 12.0. The average Bonchev–Trinajstić information content (AvgIpc) is 3.10. The molecule has 2 aromatic heterocycles. The Bertz CT molecular complexity index is 996. The Labute approximate surface area is 126 Å². The Hall–Kier alpha value is -3.08. The van der Waals surface area contributed by atoms with E-state index in [1.807, 2.05) is 49.5 Å². The molecule has 0 saturated carbocycles. The zero-order chi connectivity index (χ0) is 15.1. The average molecular weight is 290 g/mol. The number of fused-ring (bicyclic) bond motifs is 2. The molecule has 0 atom stereocenters. The number of nitrogens with zero attached hydrogens (tertiary/aromatic N) is 1. The van der Waals surface area contributed by atoms with Crippen molar-refractivity contribution in [1.29, 1.82) is 0 Å². The Morgan fingerprint density at radius 1 is 1.09 bits per heavy atom. The first-order valence-electron chi connectivity index (χ1n) is 7.04. The lowest BCUT2D eigenvalue weighted by molar-refractivity contribution is 0.102. The van der Waals surface area contributed by atoms with Crippen molar-refractivity contribution in [3.05, 3.63) is 60.0 Å². The van der Waals surface area contributed by atoms with Crippen molar-refractivity contribution in [2.24, 2.45) is 0 Å². The summed E-state index contributed by atoms with van der Waals surface area (Å²) < 4.78 is 0. The van der Waals surface area contributed by atoms with Gasteiger partial charge in [-0.05, 0) is 49.4 Å². The van der Waals surface area contributed by atoms with Crippen LogP contribution < -0.4 is 5.32 Å². The first kappa shape index (κ1) is 12.6. The van der Waals surface area contributed by atoms with Crippen LogP contribution in [-0.4, -0.2) is 20.9 Å². The smallest absolute Gasteiger partial charge is 0.255 e. The van der Waals surface area contributed by atoms with Gasteiger partial charge < -0.3 is 15.3 Å². The van der Waals surface area contributed by atoms with Crippen LogP contribution >= 0.6 is 0 Å². The number of aryl methyl sites for hydroxylation is 1. The Morgan fingerprint density at radius 3 is 2.91 bits per heavy atom. The third-order valence-electron chi connectivity index (χ3n) is 3.67. The van der Waals surface area contributed by atoms with Crippen molar-refractivity contribution in [1.82, 2.24) is 15.0 Å². The highest BCUT2D eigenvalue weighted by atomic mass is 16.1. The molecular weight excluding hydrogens is 276 g/mol. The van der Waals surface area contributed by atoms with Crippen LogP contribution in [0.25, 0.3) is 21.9 Å². The van der Waals surface area contributed by atoms with Crippen molar-refractivity contribution in [2.75, 3.05) is 5.32 Å². The van der Waals surface area contributed by atoms with E-state index in [2.05, 4.69) is 20.3 Å². The normalized spacial score (nSPS) is 11.1. The molecule has 2 aromatic carbocycles. The number of anilines is 1. The molecule has 3 N–H and O–H groups in total. The summed E-state index contributed by atoms with van der Waals surface area (Å²) in [7, 11) is 0. The highest BCUT2D eigenvalue weighted by Gasteiger charge is 2.09. The monoisotopic (exact) mass is 290 g/mol. The molecule has 4 rings (SSSR count). The van der Waals surface area contributed by atoms with Crippen molar-refractivity contribution in [3.8, 4) is 0 Å². The molecular formula is C17H14N4O. The summed E-state index contributed by atoms with van der Waals surface area (Å²) in [4.78, 5) is 23.0. The standard InChI is InChI=1S/C17H14N4O/c1-10-19-15-4-2-12(9-16(15)20-10)17(22)21-13-3-5-14-11(8-13)6-7-18-14/h2-9,18H,1H3,(H,19,20)(H,21,22). The van der Waals surface area contributed by atoms with Crippen LogP contribution in [0.4, 0.5) is 5.69 Å². The van der Waals surface area contributed by atoms with Gasteiger partial charge in [0, 0.05) is 28.4 Å². The number of benzene rings is 2. The molecule has 0 radical (unpaired) electrons. The topological polar surface area (TPSA) is 73.6 Å². The summed E-state index contributed by atoms with van der Waals surface area (Å²) in [6, 6.07) is 13.2. The largest absolute Gasteiger partial charge is 0.361 e. The van der Waals surface area contributed by atoms with E-state index in [-0.39, 0.29) is 5.91 Å². The molecule has 2 heterocycles. The van der Waals surface area contributed by atoms with E-state index in [9.17, 15) is 4.79 Å². The van der Waals surface area contributed by atoms with Gasteiger partial charge in [-0.3, -0.25) is 4.79 Å². The highest BCUT2D eigenvalue weighted by Crippen LogP contribution is 2.19. The Morgan fingerprint density at radius 2 is 2.00 bits per heavy atom. The van der Waals surface area contributed by atoms with Gasteiger partial charge in [0.05, 0.1) is 11.0 Å². The third kappa shape index (κ3) is 2.13. The van der Waals surface area contributed by atoms with Crippen LogP contribution in [0.2, 0.25) is 0 Å². The maximum absolute atomic E-state index is 12.4. The SMILES string of the molecule is Cc1nc2ccc(C(=O)Nc3ccc4[nH]ccc4c3)cc2[nH]1. The molecule has 108 valence electrons. The summed E-state index contributed by atoms with van der Waals surface area (Å²) in [5.74, 6) is 0.703. The zero-order valence-corrected chi connectivity index (χ0v) is 12.0. The van der Waals surface area contributed by atoms with Gasteiger partial charge in [-0.1, -0.05) is 0 Å². The molecule has 0 aliphatic carbocycles. The van der Waals surface area contributed by atoms with Crippen molar-refractivity contribution < 1.29 is 4.79 Å².